The molecule has 0 radical (unpaired) electrons. The van der Waals surface area contributed by atoms with E-state index >= 15 is 0 Å². The highest BCUT2D eigenvalue weighted by atomic mass is 16.6. The van der Waals surface area contributed by atoms with Gasteiger partial charge in [-0.25, -0.2) is 4.79 Å². The summed E-state index contributed by atoms with van der Waals surface area (Å²) in [5, 5.41) is 0. The zero-order valence-electron chi connectivity index (χ0n) is 16.3. The molecular formula is C20H29N3O4. The van der Waals surface area contributed by atoms with E-state index in [0.29, 0.717) is 26.1 Å². The minimum atomic E-state index is -0.479. The van der Waals surface area contributed by atoms with Crippen LogP contribution in [-0.4, -0.2) is 54.3 Å². The van der Waals surface area contributed by atoms with Gasteiger partial charge in [-0.3, -0.25) is 4.79 Å². The number of hydrogen-bond acceptors (Lipinski definition) is 5. The third-order valence-electron chi connectivity index (χ3n) is 4.70. The summed E-state index contributed by atoms with van der Waals surface area (Å²) in [6.07, 6.45) is 1.73. The molecule has 7 nitrogen and oxygen atoms in total. The van der Waals surface area contributed by atoms with Gasteiger partial charge in [0, 0.05) is 50.6 Å². The monoisotopic (exact) mass is 375 g/mol. The van der Waals surface area contributed by atoms with E-state index in [2.05, 4.69) is 0 Å². The minimum Gasteiger partial charge on any atom is -0.490 e. The fourth-order valence-corrected chi connectivity index (χ4v) is 3.36. The second-order valence-corrected chi connectivity index (χ2v) is 8.25. The Labute approximate surface area is 160 Å². The molecule has 1 unspecified atom stereocenters. The second kappa shape index (κ2) is 7.76. The molecule has 2 aliphatic rings. The molecule has 2 N–H and O–H groups in total. The summed E-state index contributed by atoms with van der Waals surface area (Å²) in [5.41, 5.74) is 6.22. The van der Waals surface area contributed by atoms with Crippen LogP contribution in [-0.2, 0) is 9.53 Å². The third kappa shape index (κ3) is 5.13. The summed E-state index contributed by atoms with van der Waals surface area (Å²) < 4.78 is 11.5. The van der Waals surface area contributed by atoms with Crippen molar-refractivity contribution in [1.29, 1.82) is 0 Å². The van der Waals surface area contributed by atoms with Crippen LogP contribution in [0.3, 0.4) is 0 Å². The lowest BCUT2D eigenvalue weighted by Crippen LogP contribution is -2.44. The Morgan fingerprint density at radius 1 is 1.15 bits per heavy atom. The van der Waals surface area contributed by atoms with Crippen LogP contribution >= 0.6 is 0 Å². The van der Waals surface area contributed by atoms with E-state index in [1.165, 1.54) is 0 Å². The van der Waals surface area contributed by atoms with Crippen molar-refractivity contribution >= 4 is 17.7 Å². The molecule has 0 saturated carbocycles. The summed E-state index contributed by atoms with van der Waals surface area (Å²) >= 11 is 0. The molecule has 2 saturated heterocycles. The van der Waals surface area contributed by atoms with Crippen LogP contribution in [0.25, 0.3) is 0 Å². The Morgan fingerprint density at radius 3 is 2.30 bits per heavy atom. The maximum atomic E-state index is 12.1. The molecule has 3 rings (SSSR count). The number of ether oxygens (including phenoxy) is 2. The highest BCUT2D eigenvalue weighted by molar-refractivity contribution is 5.96. The molecule has 2 aliphatic heterocycles. The van der Waals surface area contributed by atoms with Crippen LogP contribution < -0.4 is 15.4 Å². The van der Waals surface area contributed by atoms with Crippen molar-refractivity contribution in [2.45, 2.75) is 57.8 Å². The van der Waals surface area contributed by atoms with E-state index in [4.69, 9.17) is 15.2 Å². The van der Waals surface area contributed by atoms with Gasteiger partial charge in [0.2, 0.25) is 5.91 Å². The average Bonchev–Trinajstić information content (AvgIpc) is 2.93. The van der Waals surface area contributed by atoms with E-state index in [0.717, 1.165) is 24.3 Å². The van der Waals surface area contributed by atoms with E-state index in [9.17, 15) is 9.59 Å². The van der Waals surface area contributed by atoms with Crippen molar-refractivity contribution in [1.82, 2.24) is 4.90 Å². The van der Waals surface area contributed by atoms with Crippen LogP contribution in [0.2, 0.25) is 0 Å². The van der Waals surface area contributed by atoms with Crippen molar-refractivity contribution in [3.05, 3.63) is 24.3 Å². The van der Waals surface area contributed by atoms with Crippen molar-refractivity contribution in [3.8, 4) is 5.75 Å². The number of benzene rings is 1. The quantitative estimate of drug-likeness (QED) is 0.877. The molecule has 2 heterocycles. The van der Waals surface area contributed by atoms with Crippen LogP contribution in [0.5, 0.6) is 5.75 Å². The zero-order chi connectivity index (χ0) is 19.6. The number of carbonyl (C=O) groups excluding carboxylic acids is 2. The Hall–Kier alpha value is -2.28. The molecule has 0 aromatic heterocycles. The SMILES string of the molecule is CC(C)(C)OC(=O)N1CCC(Oc2ccc(N3CC(N)CC3=O)cc2)CC1. The number of rotatable bonds is 3. The first-order valence-electron chi connectivity index (χ1n) is 9.52. The molecule has 1 aromatic rings. The smallest absolute Gasteiger partial charge is 0.410 e. The number of amides is 2. The molecule has 2 fully saturated rings. The van der Waals surface area contributed by atoms with Gasteiger partial charge in [-0.05, 0) is 45.0 Å². The Balaban J connectivity index is 1.49. The molecule has 148 valence electrons. The first kappa shape index (κ1) is 19.5. The van der Waals surface area contributed by atoms with Crippen LogP contribution in [0.1, 0.15) is 40.0 Å². The van der Waals surface area contributed by atoms with Gasteiger partial charge in [0.05, 0.1) is 0 Å². The van der Waals surface area contributed by atoms with Crippen LogP contribution in [0.15, 0.2) is 24.3 Å². The van der Waals surface area contributed by atoms with Gasteiger partial charge in [0.25, 0.3) is 0 Å². The highest BCUT2D eigenvalue weighted by Gasteiger charge is 2.29. The fraction of sp³-hybridized carbons (Fsp3) is 0.600. The molecule has 2 amide bonds. The lowest BCUT2D eigenvalue weighted by Gasteiger charge is -2.33. The van der Waals surface area contributed by atoms with Crippen molar-refractivity contribution in [2.75, 3.05) is 24.5 Å². The third-order valence-corrected chi connectivity index (χ3v) is 4.70. The number of carbonyl (C=O) groups is 2. The number of nitrogens with two attached hydrogens (primary N) is 1. The van der Waals surface area contributed by atoms with E-state index < -0.39 is 5.60 Å². The molecule has 0 spiro atoms. The summed E-state index contributed by atoms with van der Waals surface area (Å²) in [4.78, 5) is 27.5. The molecule has 27 heavy (non-hydrogen) atoms. The van der Waals surface area contributed by atoms with Gasteiger partial charge in [-0.2, -0.15) is 0 Å². The van der Waals surface area contributed by atoms with Crippen LogP contribution in [0.4, 0.5) is 10.5 Å². The number of piperidine rings is 1. The average molecular weight is 375 g/mol. The number of likely N-dealkylation sites (tertiary alicyclic amines) is 1. The standard InChI is InChI=1S/C20H29N3O4/c1-20(2,3)27-19(25)22-10-8-17(9-11-22)26-16-6-4-15(5-7-16)23-13-14(21)12-18(23)24/h4-7,14,17H,8-13,21H2,1-3H3. The molecule has 7 heteroatoms. The minimum absolute atomic E-state index is 0.0608. The normalized spacial score (nSPS) is 21.5. The zero-order valence-corrected chi connectivity index (χ0v) is 16.3. The van der Waals surface area contributed by atoms with Gasteiger partial charge < -0.3 is 25.0 Å². The maximum absolute atomic E-state index is 12.1. The van der Waals surface area contributed by atoms with Crippen molar-refractivity contribution in [2.24, 2.45) is 5.73 Å². The van der Waals surface area contributed by atoms with Gasteiger partial charge in [0.15, 0.2) is 0 Å². The summed E-state index contributed by atoms with van der Waals surface area (Å²) in [6.45, 7) is 7.41. The van der Waals surface area contributed by atoms with E-state index in [1.807, 2.05) is 45.0 Å². The lowest BCUT2D eigenvalue weighted by molar-refractivity contribution is -0.117. The predicted molar refractivity (Wildman–Crippen MR) is 103 cm³/mol. The van der Waals surface area contributed by atoms with Gasteiger partial charge in [0.1, 0.15) is 17.5 Å². The summed E-state index contributed by atoms with van der Waals surface area (Å²) in [7, 11) is 0. The fourth-order valence-electron chi connectivity index (χ4n) is 3.36. The topological polar surface area (TPSA) is 85.1 Å². The van der Waals surface area contributed by atoms with E-state index in [-0.39, 0.29) is 24.1 Å². The van der Waals surface area contributed by atoms with Gasteiger partial charge >= 0.3 is 6.09 Å². The number of anilines is 1. The Bertz CT molecular complexity index is 675. The largest absolute Gasteiger partial charge is 0.490 e. The first-order chi connectivity index (χ1) is 12.7. The van der Waals surface area contributed by atoms with Crippen LogP contribution in [0, 0.1) is 0 Å². The molecule has 1 atom stereocenters. The Morgan fingerprint density at radius 2 is 1.78 bits per heavy atom. The number of nitrogens with zero attached hydrogens (tertiary/aromatic N) is 2. The first-order valence-corrected chi connectivity index (χ1v) is 9.52. The predicted octanol–water partition coefficient (Wildman–Crippen LogP) is 2.53. The Kier molecular flexibility index (Phi) is 5.60. The van der Waals surface area contributed by atoms with Gasteiger partial charge in [-0.15, -0.1) is 0 Å². The molecule has 1 aromatic carbocycles. The van der Waals surface area contributed by atoms with E-state index in [1.54, 1.807) is 9.80 Å². The summed E-state index contributed by atoms with van der Waals surface area (Å²) in [6, 6.07) is 7.45. The second-order valence-electron chi connectivity index (χ2n) is 8.25. The molecular weight excluding hydrogens is 346 g/mol. The lowest BCUT2D eigenvalue weighted by atomic mass is 10.1. The number of hydrogen-bond donors (Lipinski definition) is 1. The maximum Gasteiger partial charge on any atom is 0.410 e. The summed E-state index contributed by atoms with van der Waals surface area (Å²) in [5.74, 6) is 0.830. The van der Waals surface area contributed by atoms with Crippen molar-refractivity contribution in [3.63, 3.8) is 0 Å². The van der Waals surface area contributed by atoms with Gasteiger partial charge in [-0.1, -0.05) is 0 Å². The molecule has 0 aliphatic carbocycles. The van der Waals surface area contributed by atoms with Crippen molar-refractivity contribution < 1.29 is 19.1 Å². The highest BCUT2D eigenvalue weighted by Crippen LogP contribution is 2.26. The molecule has 0 bridgehead atoms.